The molecule has 0 saturated heterocycles. The summed E-state index contributed by atoms with van der Waals surface area (Å²) in [4.78, 5) is 9.76. The molecule has 1 N–H and O–H groups in total. The fraction of sp³-hybridized carbons (Fsp3) is 0.818. The normalized spacial score (nSPS) is 32.4. The van der Waals surface area contributed by atoms with Crippen molar-refractivity contribution in [3.63, 3.8) is 0 Å². The Kier molecular flexibility index (Phi) is 2.36. The second kappa shape index (κ2) is 3.25. The van der Waals surface area contributed by atoms with E-state index in [9.17, 15) is 4.80 Å². The first kappa shape index (κ1) is 9.47. The number of rotatable bonds is 3. The molecular formula is C11H20OSi. The Morgan fingerprint density at radius 1 is 1.46 bits per heavy atom. The minimum Gasteiger partial charge on any atom is -0.432 e. The highest BCUT2D eigenvalue weighted by Crippen LogP contribution is 2.45. The topological polar surface area (TPSA) is 20.2 Å². The molecule has 0 amide bonds. The monoisotopic (exact) mass is 196 g/mol. The van der Waals surface area contributed by atoms with E-state index in [1.54, 1.807) is 5.57 Å². The Bertz CT molecular complexity index is 227. The summed E-state index contributed by atoms with van der Waals surface area (Å²) in [6, 6.07) is 1.06. The summed E-state index contributed by atoms with van der Waals surface area (Å²) in [7, 11) is -1.79. The van der Waals surface area contributed by atoms with Crippen LogP contribution in [-0.4, -0.2) is 13.1 Å². The molecule has 1 saturated carbocycles. The van der Waals surface area contributed by atoms with Crippen molar-refractivity contribution in [1.29, 1.82) is 0 Å². The molecule has 2 rings (SSSR count). The van der Waals surface area contributed by atoms with E-state index < -0.39 is 8.32 Å². The van der Waals surface area contributed by atoms with Gasteiger partial charge in [0.2, 0.25) is 0 Å². The van der Waals surface area contributed by atoms with Crippen LogP contribution in [0, 0.1) is 11.8 Å². The maximum Gasteiger partial charge on any atom is 0.182 e. The van der Waals surface area contributed by atoms with Gasteiger partial charge in [-0.15, -0.1) is 0 Å². The standard InChI is InChI=1S/C11H20OSi/c1-13(2,12)6-5-11-8-9-3-4-10(11)7-9/h8-10,12H,3-7H2,1-2H3. The fourth-order valence-electron chi connectivity index (χ4n) is 2.68. The Labute approximate surface area is 82.0 Å². The second-order valence-electron chi connectivity index (χ2n) is 5.32. The summed E-state index contributed by atoms with van der Waals surface area (Å²) in [5, 5.41) is 0. The molecular weight excluding hydrogens is 176 g/mol. The van der Waals surface area contributed by atoms with Crippen LogP contribution in [0.5, 0.6) is 0 Å². The van der Waals surface area contributed by atoms with E-state index in [0.29, 0.717) is 0 Å². The first-order valence-electron chi connectivity index (χ1n) is 5.47. The van der Waals surface area contributed by atoms with Gasteiger partial charge in [0.05, 0.1) is 0 Å². The molecule has 0 aliphatic heterocycles. The highest BCUT2D eigenvalue weighted by molar-refractivity contribution is 6.69. The van der Waals surface area contributed by atoms with Crippen molar-refractivity contribution in [1.82, 2.24) is 0 Å². The molecule has 2 bridgehead atoms. The first-order chi connectivity index (χ1) is 6.04. The van der Waals surface area contributed by atoms with Crippen LogP contribution in [-0.2, 0) is 0 Å². The number of fused-ring (bicyclic) bond motifs is 2. The predicted octanol–water partition coefficient (Wildman–Crippen LogP) is 2.93. The third-order valence-electron chi connectivity index (χ3n) is 3.47. The Morgan fingerprint density at radius 3 is 2.69 bits per heavy atom. The van der Waals surface area contributed by atoms with Gasteiger partial charge in [0.1, 0.15) is 0 Å². The molecule has 13 heavy (non-hydrogen) atoms. The zero-order valence-electron chi connectivity index (χ0n) is 8.71. The minimum atomic E-state index is -1.79. The van der Waals surface area contributed by atoms with E-state index in [1.807, 2.05) is 13.1 Å². The van der Waals surface area contributed by atoms with Crippen LogP contribution in [0.3, 0.4) is 0 Å². The first-order valence-corrected chi connectivity index (χ1v) is 8.63. The van der Waals surface area contributed by atoms with Crippen molar-refractivity contribution in [2.45, 2.75) is 44.8 Å². The average Bonchev–Trinajstić information content (AvgIpc) is 2.58. The lowest BCUT2D eigenvalue weighted by Crippen LogP contribution is -2.24. The molecule has 2 aliphatic carbocycles. The van der Waals surface area contributed by atoms with Gasteiger partial charge in [-0.25, -0.2) is 0 Å². The van der Waals surface area contributed by atoms with Crippen molar-refractivity contribution < 1.29 is 4.80 Å². The maximum absolute atomic E-state index is 9.76. The van der Waals surface area contributed by atoms with Crippen LogP contribution in [0.2, 0.25) is 19.1 Å². The molecule has 0 aromatic carbocycles. The predicted molar refractivity (Wildman–Crippen MR) is 58.0 cm³/mol. The van der Waals surface area contributed by atoms with E-state index in [4.69, 9.17) is 0 Å². The molecule has 2 atom stereocenters. The molecule has 0 radical (unpaired) electrons. The van der Waals surface area contributed by atoms with Crippen LogP contribution in [0.25, 0.3) is 0 Å². The zero-order valence-corrected chi connectivity index (χ0v) is 9.71. The van der Waals surface area contributed by atoms with Crippen LogP contribution >= 0.6 is 0 Å². The lowest BCUT2D eigenvalue weighted by Gasteiger charge is -2.18. The summed E-state index contributed by atoms with van der Waals surface area (Å²) in [6.07, 6.45) is 7.94. The van der Waals surface area contributed by atoms with Gasteiger partial charge >= 0.3 is 0 Å². The Hall–Kier alpha value is -0.0831. The van der Waals surface area contributed by atoms with E-state index in [-0.39, 0.29) is 0 Å². The quantitative estimate of drug-likeness (QED) is 0.543. The smallest absolute Gasteiger partial charge is 0.182 e. The number of hydrogen-bond donors (Lipinski definition) is 1. The zero-order chi connectivity index (χ0) is 9.47. The minimum absolute atomic E-state index is 0.904. The van der Waals surface area contributed by atoms with Crippen molar-refractivity contribution >= 4 is 8.32 Å². The summed E-state index contributed by atoms with van der Waals surface area (Å²) in [6.45, 7) is 4.08. The summed E-state index contributed by atoms with van der Waals surface area (Å²) in [5.74, 6) is 1.81. The summed E-state index contributed by atoms with van der Waals surface area (Å²) >= 11 is 0. The van der Waals surface area contributed by atoms with E-state index >= 15 is 0 Å². The fourth-order valence-corrected chi connectivity index (χ4v) is 3.58. The van der Waals surface area contributed by atoms with Crippen LogP contribution in [0.15, 0.2) is 11.6 Å². The van der Waals surface area contributed by atoms with Crippen molar-refractivity contribution in [3.05, 3.63) is 11.6 Å². The highest BCUT2D eigenvalue weighted by atomic mass is 28.4. The van der Waals surface area contributed by atoms with Gasteiger partial charge in [0.25, 0.3) is 0 Å². The van der Waals surface area contributed by atoms with Crippen LogP contribution in [0.1, 0.15) is 25.7 Å². The molecule has 2 aliphatic rings. The molecule has 0 aromatic rings. The van der Waals surface area contributed by atoms with Gasteiger partial charge in [-0.2, -0.15) is 0 Å². The summed E-state index contributed by atoms with van der Waals surface area (Å²) < 4.78 is 0. The van der Waals surface area contributed by atoms with Crippen LogP contribution in [0.4, 0.5) is 0 Å². The van der Waals surface area contributed by atoms with Crippen molar-refractivity contribution in [2.75, 3.05) is 0 Å². The van der Waals surface area contributed by atoms with Gasteiger partial charge in [-0.1, -0.05) is 11.6 Å². The van der Waals surface area contributed by atoms with Crippen LogP contribution < -0.4 is 0 Å². The Morgan fingerprint density at radius 2 is 2.23 bits per heavy atom. The number of hydrogen-bond acceptors (Lipinski definition) is 1. The van der Waals surface area contributed by atoms with Gasteiger partial charge in [-0.3, -0.25) is 0 Å². The van der Waals surface area contributed by atoms with Gasteiger partial charge in [-0.05, 0) is 56.7 Å². The second-order valence-corrected chi connectivity index (χ2v) is 9.45. The lowest BCUT2D eigenvalue weighted by atomic mass is 9.97. The largest absolute Gasteiger partial charge is 0.432 e. The molecule has 0 spiro atoms. The lowest BCUT2D eigenvalue weighted by molar-refractivity contribution is 0.542. The molecule has 74 valence electrons. The van der Waals surface area contributed by atoms with E-state index in [1.165, 1.54) is 25.7 Å². The number of allylic oxidation sites excluding steroid dienone is 2. The van der Waals surface area contributed by atoms with E-state index in [2.05, 4.69) is 6.08 Å². The molecule has 0 aromatic heterocycles. The molecule has 2 unspecified atom stereocenters. The maximum atomic E-state index is 9.76. The molecule has 0 heterocycles. The van der Waals surface area contributed by atoms with Crippen molar-refractivity contribution in [2.24, 2.45) is 11.8 Å². The van der Waals surface area contributed by atoms with E-state index in [0.717, 1.165) is 17.9 Å². The molecule has 1 fully saturated rings. The summed E-state index contributed by atoms with van der Waals surface area (Å²) in [5.41, 5.74) is 1.67. The third-order valence-corrected chi connectivity index (χ3v) is 4.95. The molecule has 2 heteroatoms. The molecule has 1 nitrogen and oxygen atoms in total. The SMILES string of the molecule is C[Si](C)(O)CCC1=CC2CCC1C2. The van der Waals surface area contributed by atoms with Crippen molar-refractivity contribution in [3.8, 4) is 0 Å². The average molecular weight is 196 g/mol. The van der Waals surface area contributed by atoms with Gasteiger partial charge < -0.3 is 4.80 Å². The highest BCUT2D eigenvalue weighted by Gasteiger charge is 2.33. The third kappa shape index (κ3) is 2.23. The Balaban J connectivity index is 1.87. The van der Waals surface area contributed by atoms with Gasteiger partial charge in [0, 0.05) is 0 Å². The van der Waals surface area contributed by atoms with Gasteiger partial charge in [0.15, 0.2) is 8.32 Å².